The van der Waals surface area contributed by atoms with Gasteiger partial charge in [-0.25, -0.2) is 0 Å². The van der Waals surface area contributed by atoms with Crippen molar-refractivity contribution in [2.75, 3.05) is 0 Å². The summed E-state index contributed by atoms with van der Waals surface area (Å²) in [5, 5.41) is 0. The summed E-state index contributed by atoms with van der Waals surface area (Å²) in [5.74, 6) is 1.75. The number of hydrogen-bond acceptors (Lipinski definition) is 1. The Morgan fingerprint density at radius 2 is 0.551 bits per heavy atom. The summed E-state index contributed by atoms with van der Waals surface area (Å²) in [6.07, 6.45) is 0. The van der Waals surface area contributed by atoms with Crippen molar-refractivity contribution in [3.05, 3.63) is 202 Å². The summed E-state index contributed by atoms with van der Waals surface area (Å²) < 4.78 is 7.20. The number of benzene rings is 6. The molecule has 0 saturated heterocycles. The molecule has 0 aliphatic heterocycles. The van der Waals surface area contributed by atoms with Gasteiger partial charge in [0.1, 0.15) is 11.5 Å². The Morgan fingerprint density at radius 1 is 0.286 bits per heavy atom. The van der Waals surface area contributed by atoms with Gasteiger partial charge in [-0.15, -0.1) is 0 Å². The molecule has 6 aromatic carbocycles. The summed E-state index contributed by atoms with van der Waals surface area (Å²) in [4.78, 5) is 0. The second-order valence-corrected chi connectivity index (χ2v) is 15.5. The maximum absolute atomic E-state index is 7.20. The van der Waals surface area contributed by atoms with E-state index in [0.29, 0.717) is 0 Å². The standard InChI is InChI=1S/C48H50O/c1-45(2,35-21-13-9-14-22-35)39-29-31-43(41(33-39)47(5,6)37-25-17-11-18-26-37)49-44-32-30-40(46(3,4)36-23-15-10-16-24-36)34-42(44)48(7,8)38-27-19-12-20-28-38/h9-34H,1-8H3. The van der Waals surface area contributed by atoms with Crippen LogP contribution in [0.15, 0.2) is 158 Å². The van der Waals surface area contributed by atoms with Gasteiger partial charge in [-0.05, 0) is 45.5 Å². The zero-order valence-electron chi connectivity index (χ0n) is 30.4. The lowest BCUT2D eigenvalue weighted by Gasteiger charge is -2.34. The second kappa shape index (κ2) is 13.2. The van der Waals surface area contributed by atoms with Gasteiger partial charge in [0.15, 0.2) is 0 Å². The molecule has 1 nitrogen and oxygen atoms in total. The van der Waals surface area contributed by atoms with Crippen LogP contribution >= 0.6 is 0 Å². The van der Waals surface area contributed by atoms with Crippen LogP contribution in [0.5, 0.6) is 11.5 Å². The van der Waals surface area contributed by atoms with Gasteiger partial charge in [0, 0.05) is 32.8 Å². The Hall–Kier alpha value is -4.88. The summed E-state index contributed by atoms with van der Waals surface area (Å²) in [6.45, 7) is 18.5. The zero-order valence-corrected chi connectivity index (χ0v) is 30.4. The fourth-order valence-corrected chi connectivity index (χ4v) is 7.17. The highest BCUT2D eigenvalue weighted by Crippen LogP contribution is 2.46. The van der Waals surface area contributed by atoms with Gasteiger partial charge in [-0.2, -0.15) is 0 Å². The number of rotatable bonds is 10. The van der Waals surface area contributed by atoms with E-state index < -0.39 is 0 Å². The lowest BCUT2D eigenvalue weighted by Crippen LogP contribution is -2.25. The highest BCUT2D eigenvalue weighted by Gasteiger charge is 2.34. The van der Waals surface area contributed by atoms with Crippen molar-refractivity contribution >= 4 is 0 Å². The predicted octanol–water partition coefficient (Wildman–Crippen LogP) is 12.8. The minimum atomic E-state index is -0.316. The van der Waals surface area contributed by atoms with Crippen molar-refractivity contribution < 1.29 is 4.74 Å². The van der Waals surface area contributed by atoms with E-state index in [1.54, 1.807) is 0 Å². The van der Waals surface area contributed by atoms with Crippen LogP contribution in [-0.4, -0.2) is 0 Å². The highest BCUT2D eigenvalue weighted by molar-refractivity contribution is 5.56. The van der Waals surface area contributed by atoms with E-state index in [-0.39, 0.29) is 21.7 Å². The van der Waals surface area contributed by atoms with Crippen LogP contribution in [-0.2, 0) is 21.7 Å². The number of ether oxygens (including phenoxy) is 1. The Kier molecular flexibility index (Phi) is 9.16. The van der Waals surface area contributed by atoms with Crippen molar-refractivity contribution in [3.8, 4) is 11.5 Å². The predicted molar refractivity (Wildman–Crippen MR) is 207 cm³/mol. The van der Waals surface area contributed by atoms with Gasteiger partial charge in [-0.1, -0.05) is 201 Å². The topological polar surface area (TPSA) is 9.23 Å². The van der Waals surface area contributed by atoms with E-state index in [1.807, 2.05) is 0 Å². The highest BCUT2D eigenvalue weighted by atomic mass is 16.5. The number of hydrogen-bond donors (Lipinski definition) is 0. The van der Waals surface area contributed by atoms with Crippen molar-refractivity contribution in [3.63, 3.8) is 0 Å². The lowest BCUT2D eigenvalue weighted by atomic mass is 9.72. The van der Waals surface area contributed by atoms with E-state index in [1.165, 1.54) is 33.4 Å². The summed E-state index contributed by atoms with van der Waals surface area (Å²) in [7, 11) is 0. The van der Waals surface area contributed by atoms with Crippen LogP contribution in [0.2, 0.25) is 0 Å². The molecule has 0 spiro atoms. The minimum Gasteiger partial charge on any atom is -0.457 e. The Balaban J connectivity index is 1.53. The molecule has 0 radical (unpaired) electrons. The molecular formula is C48H50O. The molecule has 0 N–H and O–H groups in total. The van der Waals surface area contributed by atoms with Crippen LogP contribution in [0.25, 0.3) is 0 Å². The summed E-state index contributed by atoms with van der Waals surface area (Å²) >= 11 is 0. The molecule has 0 aliphatic carbocycles. The Bertz CT molecular complexity index is 1850. The van der Waals surface area contributed by atoms with E-state index in [2.05, 4.69) is 213 Å². The molecule has 0 aromatic heterocycles. The van der Waals surface area contributed by atoms with Gasteiger partial charge in [-0.3, -0.25) is 0 Å². The molecule has 0 bridgehead atoms. The van der Waals surface area contributed by atoms with E-state index >= 15 is 0 Å². The van der Waals surface area contributed by atoms with Gasteiger partial charge >= 0.3 is 0 Å². The molecule has 0 atom stereocenters. The molecule has 0 saturated carbocycles. The monoisotopic (exact) mass is 642 g/mol. The van der Waals surface area contributed by atoms with Crippen LogP contribution in [0.4, 0.5) is 0 Å². The summed E-state index contributed by atoms with van der Waals surface area (Å²) in [6, 6.07) is 56.8. The third-order valence-corrected chi connectivity index (χ3v) is 11.0. The van der Waals surface area contributed by atoms with Gasteiger partial charge in [0.05, 0.1) is 0 Å². The fourth-order valence-electron chi connectivity index (χ4n) is 7.17. The third-order valence-electron chi connectivity index (χ3n) is 11.0. The molecule has 0 amide bonds. The first-order valence-electron chi connectivity index (χ1n) is 17.5. The summed E-state index contributed by atoms with van der Waals surface area (Å²) in [5.41, 5.74) is 8.91. The molecule has 0 aliphatic rings. The minimum absolute atomic E-state index is 0.188. The maximum Gasteiger partial charge on any atom is 0.131 e. The zero-order chi connectivity index (χ0) is 34.9. The van der Waals surface area contributed by atoms with Crippen molar-refractivity contribution in [2.24, 2.45) is 0 Å². The lowest BCUT2D eigenvalue weighted by molar-refractivity contribution is 0.443. The second-order valence-electron chi connectivity index (χ2n) is 15.5. The average molecular weight is 643 g/mol. The molecule has 0 heterocycles. The molecule has 248 valence electrons. The first-order valence-corrected chi connectivity index (χ1v) is 17.5. The van der Waals surface area contributed by atoms with Crippen LogP contribution < -0.4 is 4.74 Å². The fraction of sp³-hybridized carbons (Fsp3) is 0.250. The maximum atomic E-state index is 7.20. The Labute approximate surface area is 294 Å². The molecular weight excluding hydrogens is 593 g/mol. The van der Waals surface area contributed by atoms with Crippen molar-refractivity contribution in [1.82, 2.24) is 0 Å². The van der Waals surface area contributed by atoms with Crippen molar-refractivity contribution in [1.29, 1.82) is 0 Å². The Morgan fingerprint density at radius 3 is 0.837 bits per heavy atom. The smallest absolute Gasteiger partial charge is 0.131 e. The van der Waals surface area contributed by atoms with Crippen LogP contribution in [0.3, 0.4) is 0 Å². The van der Waals surface area contributed by atoms with Crippen LogP contribution in [0.1, 0.15) is 99.9 Å². The van der Waals surface area contributed by atoms with Crippen molar-refractivity contribution in [2.45, 2.75) is 77.0 Å². The first-order chi connectivity index (χ1) is 23.3. The third kappa shape index (κ3) is 6.60. The van der Waals surface area contributed by atoms with Crippen LogP contribution in [0, 0.1) is 0 Å². The van der Waals surface area contributed by atoms with Gasteiger partial charge in [0.25, 0.3) is 0 Å². The van der Waals surface area contributed by atoms with E-state index in [9.17, 15) is 0 Å². The molecule has 49 heavy (non-hydrogen) atoms. The normalized spacial score (nSPS) is 12.5. The van der Waals surface area contributed by atoms with Gasteiger partial charge < -0.3 is 4.74 Å². The van der Waals surface area contributed by atoms with E-state index in [4.69, 9.17) is 4.74 Å². The first kappa shape index (κ1) is 34.0. The average Bonchev–Trinajstić information content (AvgIpc) is 3.13. The molecule has 6 rings (SSSR count). The SMILES string of the molecule is CC(C)(c1ccccc1)c1ccc(Oc2ccc(C(C)(C)c3ccccc3)cc2C(C)(C)c2ccccc2)c(C(C)(C)c2ccccc2)c1. The molecule has 6 aromatic rings. The molecule has 1 heteroatoms. The van der Waals surface area contributed by atoms with E-state index in [0.717, 1.165) is 22.6 Å². The molecule has 0 fully saturated rings. The van der Waals surface area contributed by atoms with Gasteiger partial charge in [0.2, 0.25) is 0 Å². The largest absolute Gasteiger partial charge is 0.457 e. The molecule has 0 unspecified atom stereocenters. The quantitative estimate of drug-likeness (QED) is 0.144.